The van der Waals surface area contributed by atoms with Gasteiger partial charge in [-0.1, -0.05) is 0 Å². The average Bonchev–Trinajstić information content (AvgIpc) is 2.62. The van der Waals surface area contributed by atoms with Crippen molar-refractivity contribution in [3.05, 3.63) is 42.5 Å². The summed E-state index contributed by atoms with van der Waals surface area (Å²) in [6.07, 6.45) is 5.76. The second-order valence-corrected chi connectivity index (χ2v) is 8.06. The molecule has 0 aromatic carbocycles. The van der Waals surface area contributed by atoms with Crippen molar-refractivity contribution in [2.24, 2.45) is 5.92 Å². The van der Waals surface area contributed by atoms with Crippen LogP contribution in [0.3, 0.4) is 0 Å². The van der Waals surface area contributed by atoms with Crippen LogP contribution >= 0.6 is 0 Å². The highest BCUT2D eigenvalue weighted by molar-refractivity contribution is 7.92. The van der Waals surface area contributed by atoms with Crippen molar-refractivity contribution in [2.75, 3.05) is 18.0 Å². The van der Waals surface area contributed by atoms with Crippen molar-refractivity contribution in [1.82, 2.24) is 15.2 Å². The Kier molecular flexibility index (Phi) is 4.68. The minimum Gasteiger partial charge on any atom is -0.370 e. The number of pyridine rings is 1. The lowest BCUT2D eigenvalue weighted by Crippen LogP contribution is -2.44. The Morgan fingerprint density at radius 1 is 1.12 bits per heavy atom. The monoisotopic (exact) mass is 368 g/mol. The summed E-state index contributed by atoms with van der Waals surface area (Å²) < 4.78 is 54.7. The third-order valence-electron chi connectivity index (χ3n) is 4.52. The molecular formula is C16H18F2N4O2S. The summed E-state index contributed by atoms with van der Waals surface area (Å²) in [7, 11) is -4.77. The van der Waals surface area contributed by atoms with Crippen molar-refractivity contribution in [2.45, 2.75) is 29.9 Å². The van der Waals surface area contributed by atoms with Gasteiger partial charge < -0.3 is 4.90 Å². The van der Waals surface area contributed by atoms with E-state index in [2.05, 4.69) is 15.2 Å². The molecule has 2 aromatic rings. The van der Waals surface area contributed by atoms with Crippen molar-refractivity contribution < 1.29 is 17.2 Å². The molecule has 1 aliphatic heterocycles. The van der Waals surface area contributed by atoms with Crippen molar-refractivity contribution >= 4 is 15.5 Å². The van der Waals surface area contributed by atoms with Gasteiger partial charge >= 0.3 is 5.25 Å². The van der Waals surface area contributed by atoms with Gasteiger partial charge in [0.1, 0.15) is 0 Å². The largest absolute Gasteiger partial charge is 0.370 e. The molecule has 0 atom stereocenters. The Morgan fingerprint density at radius 2 is 1.84 bits per heavy atom. The fraction of sp³-hybridized carbons (Fsp3) is 0.438. The lowest BCUT2D eigenvalue weighted by molar-refractivity contribution is 0.0149. The molecule has 1 saturated heterocycles. The van der Waals surface area contributed by atoms with E-state index in [4.69, 9.17) is 0 Å². The summed E-state index contributed by atoms with van der Waals surface area (Å²) in [6, 6.07) is 2.89. The highest BCUT2D eigenvalue weighted by Gasteiger charge is 2.53. The maximum absolute atomic E-state index is 14.8. The van der Waals surface area contributed by atoms with E-state index in [1.54, 1.807) is 12.3 Å². The van der Waals surface area contributed by atoms with E-state index < -0.39 is 21.0 Å². The molecule has 134 valence electrons. The first kappa shape index (κ1) is 17.7. The number of anilines is 1. The molecule has 0 N–H and O–H groups in total. The van der Waals surface area contributed by atoms with Gasteiger partial charge in [-0.2, -0.15) is 19.0 Å². The Bertz CT molecular complexity index is 838. The van der Waals surface area contributed by atoms with Crippen LogP contribution in [0.15, 0.2) is 41.8 Å². The molecule has 0 saturated carbocycles. The van der Waals surface area contributed by atoms with E-state index in [0.29, 0.717) is 13.1 Å². The Hall–Kier alpha value is -2.16. The van der Waals surface area contributed by atoms with Gasteiger partial charge in [0.25, 0.3) is 0 Å². The number of rotatable bonds is 4. The lowest BCUT2D eigenvalue weighted by Gasteiger charge is -2.36. The van der Waals surface area contributed by atoms with Crippen LogP contribution < -0.4 is 4.90 Å². The van der Waals surface area contributed by atoms with Gasteiger partial charge in [-0.3, -0.25) is 4.98 Å². The van der Waals surface area contributed by atoms with E-state index >= 15 is 0 Å². The molecule has 0 radical (unpaired) electrons. The van der Waals surface area contributed by atoms with Crippen molar-refractivity contribution in [3.63, 3.8) is 0 Å². The van der Waals surface area contributed by atoms with Gasteiger partial charge in [0, 0.05) is 31.4 Å². The van der Waals surface area contributed by atoms with Gasteiger partial charge in [-0.15, -0.1) is 0 Å². The number of aryl methyl sites for hydroxylation is 1. The zero-order valence-corrected chi connectivity index (χ0v) is 14.5. The summed E-state index contributed by atoms with van der Waals surface area (Å²) in [5.74, 6) is -1.23. The van der Waals surface area contributed by atoms with E-state index in [9.17, 15) is 17.2 Å². The number of nitrogens with zero attached hydrogens (tertiary/aromatic N) is 4. The number of hydrogen-bond acceptors (Lipinski definition) is 6. The van der Waals surface area contributed by atoms with Crippen molar-refractivity contribution in [1.29, 1.82) is 0 Å². The van der Waals surface area contributed by atoms with E-state index in [1.165, 1.54) is 25.5 Å². The van der Waals surface area contributed by atoms with Crippen LogP contribution in [0.4, 0.5) is 14.5 Å². The quantitative estimate of drug-likeness (QED) is 0.825. The zero-order valence-electron chi connectivity index (χ0n) is 13.6. The maximum atomic E-state index is 14.8. The molecule has 9 heteroatoms. The molecule has 0 aliphatic carbocycles. The Balaban J connectivity index is 1.79. The summed E-state index contributed by atoms with van der Waals surface area (Å²) in [5, 5.41) is 3.64. The van der Waals surface area contributed by atoms with E-state index in [1.807, 2.05) is 4.90 Å². The van der Waals surface area contributed by atoms with Gasteiger partial charge in [0.2, 0.25) is 9.84 Å². The number of piperidine rings is 1. The molecule has 0 spiro atoms. The molecule has 0 unspecified atom stereocenters. The summed E-state index contributed by atoms with van der Waals surface area (Å²) in [4.78, 5) is 5.32. The number of sulfone groups is 1. The third kappa shape index (κ3) is 3.20. The van der Waals surface area contributed by atoms with Crippen LogP contribution in [0.2, 0.25) is 0 Å². The molecule has 0 bridgehead atoms. The smallest absolute Gasteiger partial charge is 0.352 e. The van der Waals surface area contributed by atoms with Crippen LogP contribution in [0, 0.1) is 12.8 Å². The normalized spacial score (nSPS) is 16.8. The van der Waals surface area contributed by atoms with Crippen LogP contribution in [0.5, 0.6) is 0 Å². The lowest BCUT2D eigenvalue weighted by atomic mass is 9.97. The maximum Gasteiger partial charge on any atom is 0.352 e. The second kappa shape index (κ2) is 6.62. The SMILES string of the molecule is Cc1cnccc1S(=O)(=O)C(F)(F)C1CCN(c2ccnnc2)CC1. The first-order valence-corrected chi connectivity index (χ1v) is 9.37. The van der Waals surface area contributed by atoms with Gasteiger partial charge in [-0.25, -0.2) is 8.42 Å². The first-order valence-electron chi connectivity index (χ1n) is 7.88. The summed E-state index contributed by atoms with van der Waals surface area (Å²) in [5.41, 5.74) is 1.02. The molecule has 1 fully saturated rings. The van der Waals surface area contributed by atoms with Gasteiger partial charge in [0.05, 0.1) is 23.0 Å². The first-order chi connectivity index (χ1) is 11.8. The number of hydrogen-bond donors (Lipinski definition) is 0. The number of halogens is 2. The van der Waals surface area contributed by atoms with Crippen molar-refractivity contribution in [3.8, 4) is 0 Å². The topological polar surface area (TPSA) is 76.1 Å². The third-order valence-corrected chi connectivity index (χ3v) is 6.61. The summed E-state index contributed by atoms with van der Waals surface area (Å²) >= 11 is 0. The second-order valence-electron chi connectivity index (χ2n) is 6.07. The predicted molar refractivity (Wildman–Crippen MR) is 88.1 cm³/mol. The minimum atomic E-state index is -4.77. The van der Waals surface area contributed by atoms with Gasteiger partial charge in [-0.05, 0) is 37.5 Å². The fourth-order valence-corrected chi connectivity index (χ4v) is 4.76. The molecule has 3 rings (SSSR count). The highest BCUT2D eigenvalue weighted by Crippen LogP contribution is 2.41. The summed E-state index contributed by atoms with van der Waals surface area (Å²) in [6.45, 7) is 2.16. The molecule has 3 heterocycles. The molecular weight excluding hydrogens is 350 g/mol. The molecule has 1 aliphatic rings. The highest BCUT2D eigenvalue weighted by atomic mass is 32.2. The fourth-order valence-electron chi connectivity index (χ4n) is 3.07. The molecule has 25 heavy (non-hydrogen) atoms. The predicted octanol–water partition coefficient (Wildman–Crippen LogP) is 2.46. The molecule has 0 amide bonds. The zero-order chi connectivity index (χ0) is 18.1. The van der Waals surface area contributed by atoms with E-state index in [0.717, 1.165) is 11.8 Å². The average molecular weight is 368 g/mol. The van der Waals surface area contributed by atoms with Crippen LogP contribution in [-0.2, 0) is 9.84 Å². The van der Waals surface area contributed by atoms with E-state index in [-0.39, 0.29) is 23.3 Å². The Morgan fingerprint density at radius 3 is 2.44 bits per heavy atom. The Labute approximate surface area is 144 Å². The van der Waals surface area contributed by atoms with Gasteiger partial charge in [0.15, 0.2) is 0 Å². The van der Waals surface area contributed by atoms with Crippen LogP contribution in [0.25, 0.3) is 0 Å². The number of alkyl halides is 2. The number of aromatic nitrogens is 3. The van der Waals surface area contributed by atoms with Crippen LogP contribution in [-0.4, -0.2) is 41.9 Å². The molecule has 6 nitrogen and oxygen atoms in total. The molecule has 2 aromatic heterocycles. The standard InChI is InChI=1S/C16H18F2N4O2S/c1-12-10-19-6-3-15(12)25(23,24)16(17,18)13-4-8-22(9-5-13)14-2-7-20-21-11-14/h2-3,6-7,10-11,13H,4-5,8-9H2,1H3. The van der Waals surface area contributed by atoms with Crippen LogP contribution in [0.1, 0.15) is 18.4 Å². The minimum absolute atomic E-state index is 0.0820.